The van der Waals surface area contributed by atoms with Crippen LogP contribution in [0.2, 0.25) is 13.1 Å². The molecule has 1 heterocycles. The van der Waals surface area contributed by atoms with Gasteiger partial charge in [-0.2, -0.15) is 0 Å². The first kappa shape index (κ1) is 16.3. The summed E-state index contributed by atoms with van der Waals surface area (Å²) in [5.41, 5.74) is 8.11. The van der Waals surface area contributed by atoms with Gasteiger partial charge in [-0.25, -0.2) is 0 Å². The van der Waals surface area contributed by atoms with Crippen LogP contribution < -0.4 is 10.4 Å². The zero-order valence-corrected chi connectivity index (χ0v) is 16.7. The first-order chi connectivity index (χ1) is 13.1. The van der Waals surface area contributed by atoms with Crippen molar-refractivity contribution in [2.24, 2.45) is 0 Å². The summed E-state index contributed by atoms with van der Waals surface area (Å²) < 4.78 is 0. The van der Waals surface area contributed by atoms with Crippen LogP contribution in [-0.4, -0.2) is 8.07 Å². The molecule has 0 saturated carbocycles. The van der Waals surface area contributed by atoms with Gasteiger partial charge in [-0.1, -0.05) is 110 Å². The van der Waals surface area contributed by atoms with Crippen molar-refractivity contribution < 1.29 is 0 Å². The molecule has 0 spiro atoms. The molecule has 0 aromatic heterocycles. The molecule has 0 bridgehead atoms. The van der Waals surface area contributed by atoms with Crippen molar-refractivity contribution in [3.8, 4) is 33.4 Å². The van der Waals surface area contributed by atoms with E-state index in [1.165, 1.54) is 33.4 Å². The summed E-state index contributed by atoms with van der Waals surface area (Å²) in [4.78, 5) is 0. The summed E-state index contributed by atoms with van der Waals surface area (Å²) in [5, 5.41) is 3.12. The Balaban J connectivity index is 1.65. The van der Waals surface area contributed by atoms with E-state index < -0.39 is 8.07 Å². The van der Waals surface area contributed by atoms with Crippen molar-refractivity contribution in [2.75, 3.05) is 0 Å². The number of benzene rings is 4. The summed E-state index contributed by atoms with van der Waals surface area (Å²) in [6, 6.07) is 35.5. The van der Waals surface area contributed by atoms with Gasteiger partial charge in [0, 0.05) is 0 Å². The van der Waals surface area contributed by atoms with Crippen LogP contribution in [0.15, 0.2) is 97.1 Å². The molecule has 0 radical (unpaired) electrons. The van der Waals surface area contributed by atoms with Crippen LogP contribution in [0.5, 0.6) is 0 Å². The average molecular weight is 363 g/mol. The molecule has 1 heteroatoms. The molecule has 4 aromatic rings. The zero-order chi connectivity index (χ0) is 18.4. The van der Waals surface area contributed by atoms with Crippen LogP contribution in [0.4, 0.5) is 0 Å². The Bertz CT molecular complexity index is 1030. The van der Waals surface area contributed by atoms with Crippen LogP contribution in [0.1, 0.15) is 0 Å². The van der Waals surface area contributed by atoms with Crippen LogP contribution in [-0.2, 0) is 0 Å². The molecule has 130 valence electrons. The third-order valence-corrected chi connectivity index (χ3v) is 9.41. The molecule has 0 atom stereocenters. The van der Waals surface area contributed by atoms with Gasteiger partial charge in [-0.3, -0.25) is 0 Å². The molecule has 0 aliphatic carbocycles. The van der Waals surface area contributed by atoms with Crippen LogP contribution in [0, 0.1) is 0 Å². The topological polar surface area (TPSA) is 0 Å². The van der Waals surface area contributed by atoms with Crippen molar-refractivity contribution in [3.63, 3.8) is 0 Å². The summed E-state index contributed by atoms with van der Waals surface area (Å²) in [5.74, 6) is 0. The largest absolute Gasteiger partial charge is 0.113 e. The predicted octanol–water partition coefficient (Wildman–Crippen LogP) is 5.82. The molecular formula is C26H22Si. The Morgan fingerprint density at radius 3 is 1.26 bits per heavy atom. The van der Waals surface area contributed by atoms with Gasteiger partial charge in [-0.15, -0.1) is 0 Å². The van der Waals surface area contributed by atoms with E-state index in [1.54, 1.807) is 10.4 Å². The van der Waals surface area contributed by atoms with Gasteiger partial charge in [0.15, 0.2) is 0 Å². The Morgan fingerprint density at radius 2 is 0.852 bits per heavy atom. The number of hydrogen-bond acceptors (Lipinski definition) is 0. The van der Waals surface area contributed by atoms with Gasteiger partial charge in [0.1, 0.15) is 8.07 Å². The van der Waals surface area contributed by atoms with Gasteiger partial charge >= 0.3 is 0 Å². The van der Waals surface area contributed by atoms with E-state index in [4.69, 9.17) is 0 Å². The molecule has 0 unspecified atom stereocenters. The lowest BCUT2D eigenvalue weighted by Gasteiger charge is -2.20. The highest BCUT2D eigenvalue weighted by Gasteiger charge is 2.37. The quantitative estimate of drug-likeness (QED) is 0.394. The van der Waals surface area contributed by atoms with Crippen molar-refractivity contribution in [1.29, 1.82) is 0 Å². The molecule has 27 heavy (non-hydrogen) atoms. The lowest BCUT2D eigenvalue weighted by Crippen LogP contribution is -2.49. The minimum Gasteiger partial charge on any atom is -0.0622 e. The Kier molecular flexibility index (Phi) is 3.66. The standard InChI is InChI=1S/C26H22Si/c1-27(2)25-17-21(19-9-5-3-6-10-19)13-15-23(25)24-16-14-22(18-26(24)27)20-11-7-4-8-12-20/h3-18H,1-2H3. The van der Waals surface area contributed by atoms with Crippen molar-refractivity contribution in [3.05, 3.63) is 97.1 Å². The van der Waals surface area contributed by atoms with Crippen LogP contribution >= 0.6 is 0 Å². The maximum atomic E-state index is 2.49. The first-order valence-corrected chi connectivity index (χ1v) is 12.5. The SMILES string of the molecule is C[Si]1(C)c2cc(-c3ccccc3)ccc2-c2ccc(-c3ccccc3)cc21. The van der Waals surface area contributed by atoms with Gasteiger partial charge in [0.05, 0.1) is 0 Å². The summed E-state index contributed by atoms with van der Waals surface area (Å²) in [6.45, 7) is 4.97. The fourth-order valence-corrected chi connectivity index (χ4v) is 7.46. The first-order valence-electron chi connectivity index (χ1n) is 9.55. The van der Waals surface area contributed by atoms with Gasteiger partial charge in [-0.05, 0) is 43.8 Å². The second kappa shape index (κ2) is 6.07. The Morgan fingerprint density at radius 1 is 0.444 bits per heavy atom. The molecule has 0 nitrogen and oxygen atoms in total. The molecule has 1 aliphatic heterocycles. The maximum absolute atomic E-state index is 2.49. The lowest BCUT2D eigenvalue weighted by molar-refractivity contribution is 1.62. The van der Waals surface area contributed by atoms with E-state index in [-0.39, 0.29) is 0 Å². The number of rotatable bonds is 2. The van der Waals surface area contributed by atoms with Crippen molar-refractivity contribution in [2.45, 2.75) is 13.1 Å². The van der Waals surface area contributed by atoms with Gasteiger partial charge in [0.25, 0.3) is 0 Å². The van der Waals surface area contributed by atoms with Crippen molar-refractivity contribution in [1.82, 2.24) is 0 Å². The van der Waals surface area contributed by atoms with E-state index in [0.717, 1.165) is 0 Å². The molecule has 1 aliphatic rings. The van der Waals surface area contributed by atoms with E-state index in [9.17, 15) is 0 Å². The molecule has 0 amide bonds. The predicted molar refractivity (Wildman–Crippen MR) is 120 cm³/mol. The maximum Gasteiger partial charge on any atom is 0.113 e. The summed E-state index contributed by atoms with van der Waals surface area (Å²) >= 11 is 0. The fraction of sp³-hybridized carbons (Fsp3) is 0.0769. The monoisotopic (exact) mass is 362 g/mol. The Labute approximate surface area is 162 Å². The highest BCUT2D eigenvalue weighted by molar-refractivity contribution is 7.03. The third-order valence-electron chi connectivity index (χ3n) is 5.89. The van der Waals surface area contributed by atoms with E-state index in [2.05, 4.69) is 110 Å². The van der Waals surface area contributed by atoms with Gasteiger partial charge in [0.2, 0.25) is 0 Å². The smallest absolute Gasteiger partial charge is 0.0622 e. The summed E-state index contributed by atoms with van der Waals surface area (Å²) in [6.07, 6.45) is 0. The number of hydrogen-bond donors (Lipinski definition) is 0. The molecule has 4 aromatic carbocycles. The van der Waals surface area contributed by atoms with Gasteiger partial charge < -0.3 is 0 Å². The fourth-order valence-electron chi connectivity index (χ4n) is 4.36. The van der Waals surface area contributed by atoms with E-state index in [1.807, 2.05) is 0 Å². The van der Waals surface area contributed by atoms with E-state index in [0.29, 0.717) is 0 Å². The molecule has 0 fully saturated rings. The minimum atomic E-state index is -1.71. The second-order valence-electron chi connectivity index (χ2n) is 7.88. The molecule has 0 N–H and O–H groups in total. The molecule has 0 saturated heterocycles. The molecule has 5 rings (SSSR count). The van der Waals surface area contributed by atoms with Crippen LogP contribution in [0.25, 0.3) is 33.4 Å². The number of fused-ring (bicyclic) bond motifs is 3. The lowest BCUT2D eigenvalue weighted by atomic mass is 9.98. The molecular weight excluding hydrogens is 340 g/mol. The van der Waals surface area contributed by atoms with Crippen LogP contribution in [0.3, 0.4) is 0 Å². The minimum absolute atomic E-state index is 1.30. The van der Waals surface area contributed by atoms with E-state index >= 15 is 0 Å². The highest BCUT2D eigenvalue weighted by Crippen LogP contribution is 2.33. The Hall–Kier alpha value is -2.90. The average Bonchev–Trinajstić information content (AvgIpc) is 2.96. The summed E-state index contributed by atoms with van der Waals surface area (Å²) in [7, 11) is -1.71. The normalized spacial score (nSPS) is 13.9. The van der Waals surface area contributed by atoms with Crippen molar-refractivity contribution >= 4 is 18.4 Å². The third kappa shape index (κ3) is 2.58. The second-order valence-corrected chi connectivity index (χ2v) is 12.2. The zero-order valence-electron chi connectivity index (χ0n) is 15.7. The highest BCUT2D eigenvalue weighted by atomic mass is 28.3.